The van der Waals surface area contributed by atoms with Crippen LogP contribution in [0.5, 0.6) is 11.5 Å². The van der Waals surface area contributed by atoms with Gasteiger partial charge in [-0.05, 0) is 116 Å². The molecule has 0 aliphatic carbocycles. The van der Waals surface area contributed by atoms with E-state index in [1.165, 1.54) is 62.1 Å². The number of nitriles is 1. The van der Waals surface area contributed by atoms with E-state index in [0.717, 1.165) is 99.3 Å². The highest BCUT2D eigenvalue weighted by molar-refractivity contribution is 6.32. The number of halogens is 2. The number of carbonyl (C=O) groups excluding carboxylic acids is 2. The minimum absolute atomic E-state index is 0.146. The standard InChI is InChI=1S/C52H63Cl2N9O4/c1-52(2,41-28-39(30-55)49(45(54)29-41)66-27-17-53)40-6-8-43(9-7-40)67-35-42-12-18-56-51(57-42)62-25-23-60(24-26-62)32-36-13-19-59(20-14-36)31-37-15-21-61(22-16-37)46-5-3-4-38-33-63(34-44(38)46)47-10-11-48(64)58-50(47)65/h3-9,12,18,28-29,36-37,47H,10-11,13-17,19-27,31-35H2,1-2H3,(H,58,64,65). The van der Waals surface area contributed by atoms with Gasteiger partial charge in [0.05, 0.1) is 28.2 Å². The van der Waals surface area contributed by atoms with Crippen molar-refractivity contribution in [3.8, 4) is 17.6 Å². The molecule has 0 radical (unpaired) electrons. The van der Waals surface area contributed by atoms with E-state index in [4.69, 9.17) is 37.7 Å². The van der Waals surface area contributed by atoms with E-state index < -0.39 is 5.41 Å². The van der Waals surface area contributed by atoms with Gasteiger partial charge in [0.1, 0.15) is 25.0 Å². The maximum absolute atomic E-state index is 12.6. The predicted octanol–water partition coefficient (Wildman–Crippen LogP) is 7.40. The molecule has 15 heteroatoms. The van der Waals surface area contributed by atoms with Crippen LogP contribution in [0.25, 0.3) is 0 Å². The Labute approximate surface area is 405 Å². The predicted molar refractivity (Wildman–Crippen MR) is 262 cm³/mol. The molecule has 67 heavy (non-hydrogen) atoms. The van der Waals surface area contributed by atoms with Gasteiger partial charge in [0.2, 0.25) is 17.8 Å². The molecule has 6 heterocycles. The average Bonchev–Trinajstić information content (AvgIpc) is 3.78. The Balaban J connectivity index is 0.683. The first kappa shape index (κ1) is 47.1. The molecule has 2 amide bonds. The molecular formula is C52H63Cl2N9O4. The van der Waals surface area contributed by atoms with Gasteiger partial charge in [-0.1, -0.05) is 49.7 Å². The lowest BCUT2D eigenvalue weighted by Crippen LogP contribution is -2.50. The third-order valence-electron chi connectivity index (χ3n) is 14.9. The van der Waals surface area contributed by atoms with Crippen molar-refractivity contribution in [2.75, 3.05) is 87.7 Å². The van der Waals surface area contributed by atoms with Gasteiger partial charge in [-0.25, -0.2) is 9.97 Å². The molecule has 1 N–H and O–H groups in total. The zero-order chi connectivity index (χ0) is 46.5. The number of ether oxygens (including phenoxy) is 2. The van der Waals surface area contributed by atoms with Crippen molar-refractivity contribution >= 4 is 46.7 Å². The van der Waals surface area contributed by atoms with Crippen LogP contribution in [-0.4, -0.2) is 120 Å². The van der Waals surface area contributed by atoms with Gasteiger partial charge in [0, 0.05) is 89.2 Å². The summed E-state index contributed by atoms with van der Waals surface area (Å²) in [7, 11) is 0. The largest absolute Gasteiger partial charge is 0.489 e. The van der Waals surface area contributed by atoms with E-state index in [1.54, 1.807) is 0 Å². The summed E-state index contributed by atoms with van der Waals surface area (Å²) in [4.78, 5) is 46.4. The number of benzene rings is 3. The van der Waals surface area contributed by atoms with Crippen molar-refractivity contribution in [2.24, 2.45) is 11.8 Å². The molecule has 1 aromatic heterocycles. The molecule has 0 spiro atoms. The molecule has 13 nitrogen and oxygen atoms in total. The Morgan fingerprint density at radius 2 is 1.54 bits per heavy atom. The Morgan fingerprint density at radius 1 is 0.821 bits per heavy atom. The molecule has 9 rings (SSSR count). The Bertz CT molecular complexity index is 2420. The Morgan fingerprint density at radius 3 is 2.24 bits per heavy atom. The van der Waals surface area contributed by atoms with Crippen molar-refractivity contribution in [3.05, 3.63) is 105 Å². The first-order chi connectivity index (χ1) is 32.5. The van der Waals surface area contributed by atoms with Crippen molar-refractivity contribution in [2.45, 2.75) is 83.5 Å². The fraction of sp³-hybridized carbons (Fsp3) is 0.519. The van der Waals surface area contributed by atoms with E-state index in [-0.39, 0.29) is 24.5 Å². The van der Waals surface area contributed by atoms with Crippen molar-refractivity contribution < 1.29 is 19.1 Å². The maximum atomic E-state index is 12.6. The van der Waals surface area contributed by atoms with Gasteiger partial charge in [-0.3, -0.25) is 24.7 Å². The highest BCUT2D eigenvalue weighted by Gasteiger charge is 2.37. The first-order valence-corrected chi connectivity index (χ1v) is 25.1. The van der Waals surface area contributed by atoms with Gasteiger partial charge in [-0.2, -0.15) is 5.26 Å². The minimum atomic E-state index is -0.428. The number of fused-ring (bicyclic) bond motifs is 1. The molecule has 0 saturated carbocycles. The number of nitrogens with zero attached hydrogens (tertiary/aromatic N) is 8. The number of carbonyl (C=O) groups is 2. The number of amides is 2. The summed E-state index contributed by atoms with van der Waals surface area (Å²) >= 11 is 12.4. The smallest absolute Gasteiger partial charge is 0.243 e. The molecule has 1 atom stereocenters. The van der Waals surface area contributed by atoms with Crippen LogP contribution in [0.3, 0.4) is 0 Å². The topological polar surface area (TPSA) is 130 Å². The van der Waals surface area contributed by atoms with Gasteiger partial charge in [0.25, 0.3) is 0 Å². The molecule has 4 fully saturated rings. The number of aromatic nitrogens is 2. The number of hydrogen-bond acceptors (Lipinski definition) is 12. The SMILES string of the molecule is CC(C)(c1ccc(OCc2ccnc(N3CCN(CC4CCN(CC5CCN(c6cccc7c6CN(C6CCC(=O)NC6=O)C7)CC5)CC4)CC3)n2)cc1)c1cc(Cl)c(OCCCl)c(C#N)c1. The van der Waals surface area contributed by atoms with E-state index in [1.807, 2.05) is 48.7 Å². The van der Waals surface area contributed by atoms with Gasteiger partial charge in [0.15, 0.2) is 5.75 Å². The van der Waals surface area contributed by atoms with Gasteiger partial charge >= 0.3 is 0 Å². The second-order valence-corrected chi connectivity index (χ2v) is 20.3. The van der Waals surface area contributed by atoms with Crippen LogP contribution < -0.4 is 24.6 Å². The highest BCUT2D eigenvalue weighted by Crippen LogP contribution is 2.39. The molecule has 4 aromatic rings. The summed E-state index contributed by atoms with van der Waals surface area (Å²) in [5.74, 6) is 3.35. The van der Waals surface area contributed by atoms with E-state index in [9.17, 15) is 14.9 Å². The number of hydrogen-bond donors (Lipinski definition) is 1. The molecular weight excluding hydrogens is 886 g/mol. The quantitative estimate of drug-likeness (QED) is 0.0943. The third kappa shape index (κ3) is 11.0. The lowest BCUT2D eigenvalue weighted by atomic mass is 9.77. The number of piperazine rings is 1. The van der Waals surface area contributed by atoms with E-state index >= 15 is 0 Å². The summed E-state index contributed by atoms with van der Waals surface area (Å²) in [6, 6.07) is 22.3. The summed E-state index contributed by atoms with van der Waals surface area (Å²) in [5.41, 5.74) is 6.77. The van der Waals surface area contributed by atoms with Crippen LogP contribution in [0.1, 0.15) is 85.9 Å². The number of piperidine rings is 3. The third-order valence-corrected chi connectivity index (χ3v) is 15.3. The summed E-state index contributed by atoms with van der Waals surface area (Å²) in [6.07, 6.45) is 7.81. The lowest BCUT2D eigenvalue weighted by molar-refractivity contribution is -0.137. The average molecular weight is 949 g/mol. The molecule has 4 saturated heterocycles. The molecule has 0 bridgehead atoms. The van der Waals surface area contributed by atoms with Crippen molar-refractivity contribution in [1.29, 1.82) is 5.26 Å². The number of anilines is 2. The molecule has 354 valence electrons. The molecule has 1 unspecified atom stereocenters. The molecule has 5 aliphatic rings. The summed E-state index contributed by atoms with van der Waals surface area (Å²) < 4.78 is 11.8. The lowest BCUT2D eigenvalue weighted by Gasteiger charge is -2.41. The number of alkyl halides is 1. The monoisotopic (exact) mass is 947 g/mol. The van der Waals surface area contributed by atoms with Gasteiger partial charge < -0.3 is 24.2 Å². The van der Waals surface area contributed by atoms with Crippen LogP contribution >= 0.6 is 23.2 Å². The summed E-state index contributed by atoms with van der Waals surface area (Å²) in [5, 5.41) is 12.7. The number of imide groups is 1. The summed E-state index contributed by atoms with van der Waals surface area (Å²) in [6.45, 7) is 17.1. The maximum Gasteiger partial charge on any atom is 0.243 e. The Hall–Kier alpha value is -4.97. The second kappa shape index (κ2) is 21.1. The fourth-order valence-electron chi connectivity index (χ4n) is 10.8. The van der Waals surface area contributed by atoms with Crippen LogP contribution in [0, 0.1) is 23.2 Å². The zero-order valence-electron chi connectivity index (χ0n) is 38.9. The highest BCUT2D eigenvalue weighted by atomic mass is 35.5. The van der Waals surface area contributed by atoms with Crippen LogP contribution in [0.4, 0.5) is 11.6 Å². The normalized spacial score (nSPS) is 20.4. The molecule has 3 aromatic carbocycles. The van der Waals surface area contributed by atoms with Crippen molar-refractivity contribution in [1.82, 2.24) is 30.0 Å². The number of rotatable bonds is 15. The van der Waals surface area contributed by atoms with Gasteiger partial charge in [-0.15, -0.1) is 11.6 Å². The second-order valence-electron chi connectivity index (χ2n) is 19.5. The van der Waals surface area contributed by atoms with Crippen LogP contribution in [0.15, 0.2) is 66.9 Å². The van der Waals surface area contributed by atoms with Crippen molar-refractivity contribution in [3.63, 3.8) is 0 Å². The fourth-order valence-corrected chi connectivity index (χ4v) is 11.1. The van der Waals surface area contributed by atoms with E-state index in [0.29, 0.717) is 41.7 Å². The minimum Gasteiger partial charge on any atom is -0.489 e. The van der Waals surface area contributed by atoms with Crippen LogP contribution in [0.2, 0.25) is 5.02 Å². The van der Waals surface area contributed by atoms with E-state index in [2.05, 4.69) is 72.9 Å². The number of nitrogens with one attached hydrogen (secondary N) is 1. The molecule has 5 aliphatic heterocycles. The van der Waals surface area contributed by atoms with Crippen LogP contribution in [-0.2, 0) is 34.7 Å². The number of likely N-dealkylation sites (tertiary alicyclic amines) is 1. The first-order valence-electron chi connectivity index (χ1n) is 24.2. The zero-order valence-corrected chi connectivity index (χ0v) is 40.4. The Kier molecular flexibility index (Phi) is 14.9.